The van der Waals surface area contributed by atoms with E-state index in [2.05, 4.69) is 10.6 Å². The van der Waals surface area contributed by atoms with Gasteiger partial charge in [0.05, 0.1) is 12.6 Å². The number of carbonyl (C=O) groups is 3. The minimum Gasteiger partial charge on any atom is -0.373 e. The molecule has 1 aliphatic rings. The first-order chi connectivity index (χ1) is 12.2. The number of nitrogens with one attached hydrogen (secondary N) is 2. The van der Waals surface area contributed by atoms with Crippen molar-refractivity contribution in [1.82, 2.24) is 10.6 Å². The third-order valence-corrected chi connectivity index (χ3v) is 4.31. The van der Waals surface area contributed by atoms with Crippen LogP contribution in [0.15, 0.2) is 30.3 Å². The molecule has 1 aromatic carbocycles. The minimum absolute atomic E-state index is 0.00952. The lowest BCUT2D eigenvalue weighted by atomic mass is 9.87. The van der Waals surface area contributed by atoms with Gasteiger partial charge < -0.3 is 15.4 Å². The van der Waals surface area contributed by atoms with Gasteiger partial charge in [0.25, 0.3) is 5.91 Å². The lowest BCUT2D eigenvalue weighted by molar-refractivity contribution is -0.137. The summed E-state index contributed by atoms with van der Waals surface area (Å²) in [7, 11) is 0. The first-order valence-corrected chi connectivity index (χ1v) is 8.94. The Labute approximate surface area is 154 Å². The van der Waals surface area contributed by atoms with Crippen molar-refractivity contribution >= 4 is 17.6 Å². The van der Waals surface area contributed by atoms with Gasteiger partial charge in [-0.3, -0.25) is 14.4 Å². The fourth-order valence-corrected chi connectivity index (χ4v) is 2.98. The van der Waals surface area contributed by atoms with Crippen LogP contribution < -0.4 is 10.6 Å². The molecule has 0 spiro atoms. The number of Topliss-reactive ketones (excluding diaryl/α,β-unsaturated/α-hetero) is 1. The maximum atomic E-state index is 12.8. The van der Waals surface area contributed by atoms with Crippen LogP contribution >= 0.6 is 0 Å². The van der Waals surface area contributed by atoms with E-state index in [4.69, 9.17) is 4.74 Å². The number of ether oxygens (including phenoxy) is 1. The molecule has 1 aliphatic heterocycles. The summed E-state index contributed by atoms with van der Waals surface area (Å²) < 4.78 is 5.20. The number of amides is 2. The molecular weight excluding hydrogens is 332 g/mol. The smallest absolute Gasteiger partial charge is 0.251 e. The van der Waals surface area contributed by atoms with Gasteiger partial charge in [-0.25, -0.2) is 0 Å². The molecule has 0 saturated carbocycles. The second-order valence-corrected chi connectivity index (χ2v) is 8.10. The molecule has 1 fully saturated rings. The van der Waals surface area contributed by atoms with E-state index in [-0.39, 0.29) is 35.5 Å². The van der Waals surface area contributed by atoms with Gasteiger partial charge in [-0.15, -0.1) is 0 Å². The Morgan fingerprint density at radius 1 is 1.23 bits per heavy atom. The molecule has 2 rings (SSSR count). The Hall–Kier alpha value is -2.21. The second kappa shape index (κ2) is 8.45. The molecule has 0 aliphatic carbocycles. The van der Waals surface area contributed by atoms with Crippen molar-refractivity contribution in [3.05, 3.63) is 35.9 Å². The number of carbonyl (C=O) groups excluding carboxylic acids is 3. The summed E-state index contributed by atoms with van der Waals surface area (Å²) >= 11 is 0. The van der Waals surface area contributed by atoms with Crippen LogP contribution in [0.4, 0.5) is 0 Å². The molecule has 2 unspecified atom stereocenters. The highest BCUT2D eigenvalue weighted by molar-refractivity contribution is 5.98. The fraction of sp³-hybridized carbons (Fsp3) is 0.550. The van der Waals surface area contributed by atoms with Crippen LogP contribution in [0, 0.1) is 11.3 Å². The average molecular weight is 360 g/mol. The van der Waals surface area contributed by atoms with E-state index >= 15 is 0 Å². The van der Waals surface area contributed by atoms with Gasteiger partial charge in [-0.05, 0) is 24.0 Å². The summed E-state index contributed by atoms with van der Waals surface area (Å²) in [5, 5.41) is 5.63. The summed E-state index contributed by atoms with van der Waals surface area (Å²) in [6, 6.07) is 7.48. The molecule has 0 aromatic heterocycles. The summed E-state index contributed by atoms with van der Waals surface area (Å²) in [5.41, 5.74) is 0.326. The third kappa shape index (κ3) is 5.66. The van der Waals surface area contributed by atoms with Crippen LogP contribution in [0.5, 0.6) is 0 Å². The molecule has 1 heterocycles. The monoisotopic (exact) mass is 360 g/mol. The Morgan fingerprint density at radius 2 is 1.88 bits per heavy atom. The summed E-state index contributed by atoms with van der Waals surface area (Å²) in [6.07, 6.45) is 0.462. The fourth-order valence-electron chi connectivity index (χ4n) is 2.98. The number of ketones is 1. The van der Waals surface area contributed by atoms with Gasteiger partial charge in [0.15, 0.2) is 5.78 Å². The topological polar surface area (TPSA) is 84.5 Å². The Kier molecular flexibility index (Phi) is 6.53. The van der Waals surface area contributed by atoms with E-state index in [1.165, 1.54) is 0 Å². The zero-order valence-corrected chi connectivity index (χ0v) is 15.9. The Morgan fingerprint density at radius 3 is 2.46 bits per heavy atom. The quantitative estimate of drug-likeness (QED) is 0.840. The first-order valence-electron chi connectivity index (χ1n) is 8.94. The summed E-state index contributed by atoms with van der Waals surface area (Å²) in [4.78, 5) is 37.4. The molecule has 3 atom stereocenters. The molecular formula is C20H28N2O4. The van der Waals surface area contributed by atoms with E-state index in [1.807, 2.05) is 33.8 Å². The van der Waals surface area contributed by atoms with Crippen molar-refractivity contribution in [2.24, 2.45) is 11.3 Å². The summed E-state index contributed by atoms with van der Waals surface area (Å²) in [5.74, 6) is -0.876. The molecule has 6 heteroatoms. The van der Waals surface area contributed by atoms with Crippen molar-refractivity contribution in [3.8, 4) is 0 Å². The molecule has 1 aromatic rings. The van der Waals surface area contributed by atoms with E-state index in [1.54, 1.807) is 24.3 Å². The van der Waals surface area contributed by atoms with Gasteiger partial charge >= 0.3 is 0 Å². The van der Waals surface area contributed by atoms with Crippen molar-refractivity contribution in [1.29, 1.82) is 0 Å². The molecule has 142 valence electrons. The number of hydrogen-bond acceptors (Lipinski definition) is 4. The highest BCUT2D eigenvalue weighted by Gasteiger charge is 2.34. The highest BCUT2D eigenvalue weighted by Crippen LogP contribution is 2.22. The third-order valence-electron chi connectivity index (χ3n) is 4.31. The molecule has 0 radical (unpaired) electrons. The minimum atomic E-state index is -0.717. The van der Waals surface area contributed by atoms with Gasteiger partial charge in [0, 0.05) is 11.5 Å². The van der Waals surface area contributed by atoms with Gasteiger partial charge in [0.1, 0.15) is 12.6 Å². The normalized spacial score (nSPS) is 21.8. The number of benzene rings is 1. The molecule has 26 heavy (non-hydrogen) atoms. The van der Waals surface area contributed by atoms with E-state index in [0.717, 1.165) is 0 Å². The zero-order valence-electron chi connectivity index (χ0n) is 15.9. The van der Waals surface area contributed by atoms with Crippen LogP contribution in [-0.2, 0) is 14.3 Å². The molecule has 6 nitrogen and oxygen atoms in total. The predicted molar refractivity (Wildman–Crippen MR) is 98.7 cm³/mol. The second-order valence-electron chi connectivity index (χ2n) is 8.10. The van der Waals surface area contributed by atoms with Crippen molar-refractivity contribution in [2.75, 3.05) is 13.2 Å². The lowest BCUT2D eigenvalue weighted by Gasteiger charge is -2.31. The standard InChI is InChI=1S/C20H28N2O4/c1-13-11-26-12-16(23)17(13)22-19(25)15(10-20(2,3)4)21-18(24)14-8-6-5-7-9-14/h5-9,13,15,17H,10-12H2,1-4H3,(H,21,24)(H,22,25)/t13?,15-,17?/m0/s1. The maximum absolute atomic E-state index is 12.8. The molecule has 2 N–H and O–H groups in total. The molecule has 2 amide bonds. The van der Waals surface area contributed by atoms with Gasteiger partial charge in [-0.1, -0.05) is 45.9 Å². The lowest BCUT2D eigenvalue weighted by Crippen LogP contribution is -2.56. The summed E-state index contributed by atoms with van der Waals surface area (Å²) in [6.45, 7) is 8.31. The molecule has 1 saturated heterocycles. The number of hydrogen-bond donors (Lipinski definition) is 2. The number of rotatable bonds is 5. The van der Waals surface area contributed by atoms with Crippen LogP contribution in [-0.4, -0.2) is 42.9 Å². The van der Waals surface area contributed by atoms with E-state index in [9.17, 15) is 14.4 Å². The van der Waals surface area contributed by atoms with Gasteiger partial charge in [-0.2, -0.15) is 0 Å². The van der Waals surface area contributed by atoms with Gasteiger partial charge in [0.2, 0.25) is 5.91 Å². The highest BCUT2D eigenvalue weighted by atomic mass is 16.5. The van der Waals surface area contributed by atoms with Crippen molar-refractivity contribution < 1.29 is 19.1 Å². The largest absolute Gasteiger partial charge is 0.373 e. The first kappa shape index (κ1) is 20.1. The van der Waals surface area contributed by atoms with Crippen LogP contribution in [0.1, 0.15) is 44.5 Å². The van der Waals surface area contributed by atoms with E-state index < -0.39 is 12.1 Å². The molecule has 0 bridgehead atoms. The van der Waals surface area contributed by atoms with Crippen molar-refractivity contribution in [2.45, 2.75) is 46.2 Å². The predicted octanol–water partition coefficient (Wildman–Crippen LogP) is 1.94. The van der Waals surface area contributed by atoms with Crippen molar-refractivity contribution in [3.63, 3.8) is 0 Å². The van der Waals surface area contributed by atoms with Crippen LogP contribution in [0.3, 0.4) is 0 Å². The zero-order chi connectivity index (χ0) is 19.3. The Bertz CT molecular complexity index is 652. The Balaban J connectivity index is 2.11. The van der Waals surface area contributed by atoms with E-state index in [0.29, 0.717) is 18.6 Å². The van der Waals surface area contributed by atoms with Crippen LogP contribution in [0.2, 0.25) is 0 Å². The average Bonchev–Trinajstić information content (AvgIpc) is 2.57. The SMILES string of the molecule is CC1COCC(=O)C1NC(=O)[C@H](CC(C)(C)C)NC(=O)c1ccccc1. The van der Waals surface area contributed by atoms with Crippen LogP contribution in [0.25, 0.3) is 0 Å². The maximum Gasteiger partial charge on any atom is 0.251 e.